The Morgan fingerprint density at radius 2 is 2.19 bits per heavy atom. The third-order valence-electron chi connectivity index (χ3n) is 3.86. The van der Waals surface area contributed by atoms with E-state index in [-0.39, 0.29) is 25.2 Å². The molecular weight excluding hydrogens is 367 g/mol. The van der Waals surface area contributed by atoms with Crippen LogP contribution in [0.4, 0.5) is 0 Å². The lowest BCUT2D eigenvalue weighted by Gasteiger charge is -2.18. The van der Waals surface area contributed by atoms with Crippen molar-refractivity contribution < 1.29 is 28.6 Å². The van der Waals surface area contributed by atoms with E-state index in [1.165, 1.54) is 10.9 Å². The summed E-state index contributed by atoms with van der Waals surface area (Å²) in [6, 6.07) is 0. The maximum Gasteiger partial charge on any atom is 0.695 e. The van der Waals surface area contributed by atoms with Crippen LogP contribution < -0.4 is 5.56 Å². The Morgan fingerprint density at radius 1 is 1.46 bits per heavy atom. The number of nitrogens with zero attached hydrogens (tertiary/aromatic N) is 3. The van der Waals surface area contributed by atoms with Gasteiger partial charge in [0.15, 0.2) is 23.5 Å². The second-order valence-electron chi connectivity index (χ2n) is 5.45. The number of fused-ring (bicyclic) bond motifs is 1. The molecule has 0 amide bonds. The first-order valence-electron chi connectivity index (χ1n) is 7.60. The molecule has 0 aliphatic carbocycles. The summed E-state index contributed by atoms with van der Waals surface area (Å²) in [5, 5.41) is 9.54. The van der Waals surface area contributed by atoms with Gasteiger partial charge in [0, 0.05) is 11.2 Å². The third-order valence-corrected chi connectivity index (χ3v) is 4.29. The van der Waals surface area contributed by atoms with Crippen molar-refractivity contribution in [2.45, 2.75) is 45.8 Å². The molecule has 12 heteroatoms. The number of aryl methyl sites for hydroxylation is 1. The average Bonchev–Trinajstić information content (AvgIpc) is 3.09. The Morgan fingerprint density at radius 3 is 2.81 bits per heavy atom. The SMILES string of the molecule is C.CCO[C@@H]1C(O[P+](=O)O)[C@H](n2cnc3c(=O)[nH]c(C)nc32)O[C@@H]1CO. The van der Waals surface area contributed by atoms with Crippen LogP contribution in [-0.4, -0.2) is 61.0 Å². The van der Waals surface area contributed by atoms with Crippen molar-refractivity contribution in [2.24, 2.45) is 0 Å². The zero-order valence-electron chi connectivity index (χ0n) is 13.5. The van der Waals surface area contributed by atoms with E-state index < -0.39 is 38.4 Å². The molecule has 0 aromatic carbocycles. The molecule has 2 unspecified atom stereocenters. The van der Waals surface area contributed by atoms with E-state index in [9.17, 15) is 19.4 Å². The van der Waals surface area contributed by atoms with Crippen LogP contribution in [0, 0.1) is 6.92 Å². The number of aromatic amines is 1. The molecule has 1 fully saturated rings. The monoisotopic (exact) mass is 389 g/mol. The molecule has 3 rings (SSSR count). The zero-order valence-corrected chi connectivity index (χ0v) is 14.4. The summed E-state index contributed by atoms with van der Waals surface area (Å²) in [5.41, 5.74) is -0.0754. The number of nitrogens with one attached hydrogen (secondary N) is 1. The van der Waals surface area contributed by atoms with Gasteiger partial charge in [0.1, 0.15) is 18.0 Å². The largest absolute Gasteiger partial charge is 0.695 e. The van der Waals surface area contributed by atoms with Crippen molar-refractivity contribution >= 4 is 19.4 Å². The number of aliphatic hydroxyl groups is 1. The van der Waals surface area contributed by atoms with Gasteiger partial charge in [-0.05, 0) is 13.8 Å². The summed E-state index contributed by atoms with van der Waals surface area (Å²) in [7, 11) is -2.94. The molecule has 0 radical (unpaired) electrons. The van der Waals surface area contributed by atoms with Crippen molar-refractivity contribution in [1.29, 1.82) is 0 Å². The van der Waals surface area contributed by atoms with Crippen molar-refractivity contribution in [1.82, 2.24) is 19.5 Å². The molecule has 1 aliphatic rings. The lowest BCUT2D eigenvalue weighted by atomic mass is 10.1. The summed E-state index contributed by atoms with van der Waals surface area (Å²) >= 11 is 0. The highest BCUT2D eigenvalue weighted by Crippen LogP contribution is 2.38. The predicted octanol–water partition coefficient (Wildman–Crippen LogP) is 0.394. The number of aliphatic hydroxyl groups excluding tert-OH is 1. The van der Waals surface area contributed by atoms with Crippen molar-refractivity contribution in [3.8, 4) is 0 Å². The summed E-state index contributed by atoms with van der Waals surface area (Å²) in [4.78, 5) is 32.0. The lowest BCUT2D eigenvalue weighted by Crippen LogP contribution is -2.37. The van der Waals surface area contributed by atoms with Gasteiger partial charge in [-0.2, -0.15) is 0 Å². The van der Waals surface area contributed by atoms with Gasteiger partial charge in [-0.15, -0.1) is 9.42 Å². The van der Waals surface area contributed by atoms with E-state index in [1.807, 2.05) is 0 Å². The number of imidazole rings is 1. The Labute approximate surface area is 149 Å². The fourth-order valence-corrected chi connectivity index (χ4v) is 3.34. The molecule has 144 valence electrons. The van der Waals surface area contributed by atoms with Crippen LogP contribution in [0.2, 0.25) is 0 Å². The Balaban J connectivity index is 0.00000243. The topological polar surface area (TPSA) is 149 Å². The van der Waals surface area contributed by atoms with Gasteiger partial charge in [-0.25, -0.2) is 9.97 Å². The number of hydrogen-bond donors (Lipinski definition) is 3. The normalized spacial score (nSPS) is 26.1. The molecule has 0 spiro atoms. The number of rotatable bonds is 6. The molecule has 3 heterocycles. The van der Waals surface area contributed by atoms with E-state index in [0.29, 0.717) is 12.4 Å². The molecule has 3 N–H and O–H groups in total. The van der Waals surface area contributed by atoms with E-state index in [4.69, 9.17) is 14.0 Å². The van der Waals surface area contributed by atoms with Gasteiger partial charge in [0.2, 0.25) is 0 Å². The van der Waals surface area contributed by atoms with Crippen LogP contribution in [0.5, 0.6) is 0 Å². The maximum absolute atomic E-state index is 12.0. The Bertz CT molecular complexity index is 838. The maximum atomic E-state index is 12.0. The first-order chi connectivity index (χ1) is 12.0. The van der Waals surface area contributed by atoms with Crippen molar-refractivity contribution in [2.75, 3.05) is 13.2 Å². The van der Waals surface area contributed by atoms with Crippen molar-refractivity contribution in [3.63, 3.8) is 0 Å². The Hall–Kier alpha value is -1.75. The first-order valence-corrected chi connectivity index (χ1v) is 8.73. The van der Waals surface area contributed by atoms with E-state index >= 15 is 0 Å². The molecular formula is C14H22N4O7P+. The van der Waals surface area contributed by atoms with E-state index in [0.717, 1.165) is 0 Å². The van der Waals surface area contributed by atoms with Crippen LogP contribution >= 0.6 is 8.25 Å². The fraction of sp³-hybridized carbons (Fsp3) is 0.643. The highest BCUT2D eigenvalue weighted by Gasteiger charge is 2.51. The smallest absolute Gasteiger partial charge is 0.394 e. The minimum atomic E-state index is -2.94. The van der Waals surface area contributed by atoms with Crippen LogP contribution in [0.15, 0.2) is 11.1 Å². The number of hydrogen-bond acceptors (Lipinski definition) is 8. The van der Waals surface area contributed by atoms with Gasteiger partial charge in [-0.3, -0.25) is 9.36 Å². The van der Waals surface area contributed by atoms with Gasteiger partial charge >= 0.3 is 8.25 Å². The predicted molar refractivity (Wildman–Crippen MR) is 90.7 cm³/mol. The minimum absolute atomic E-state index is 0. The summed E-state index contributed by atoms with van der Waals surface area (Å²) < 4.78 is 29.1. The summed E-state index contributed by atoms with van der Waals surface area (Å²) in [5.74, 6) is 0.378. The molecule has 5 atom stereocenters. The summed E-state index contributed by atoms with van der Waals surface area (Å²) in [6.45, 7) is 3.28. The van der Waals surface area contributed by atoms with Gasteiger partial charge < -0.3 is 19.6 Å². The van der Waals surface area contributed by atoms with E-state index in [2.05, 4.69) is 15.0 Å². The average molecular weight is 389 g/mol. The van der Waals surface area contributed by atoms with Crippen LogP contribution in [0.3, 0.4) is 0 Å². The van der Waals surface area contributed by atoms with Crippen LogP contribution in [-0.2, 0) is 18.6 Å². The first kappa shape index (κ1) is 20.6. The van der Waals surface area contributed by atoms with Crippen LogP contribution in [0.25, 0.3) is 11.2 Å². The molecule has 0 bridgehead atoms. The second kappa shape index (κ2) is 8.30. The molecule has 1 saturated heterocycles. The van der Waals surface area contributed by atoms with Crippen molar-refractivity contribution in [3.05, 3.63) is 22.5 Å². The Kier molecular flexibility index (Phi) is 6.56. The second-order valence-corrected chi connectivity index (χ2v) is 6.14. The summed E-state index contributed by atoms with van der Waals surface area (Å²) in [6.07, 6.45) is -2.15. The molecule has 26 heavy (non-hydrogen) atoms. The zero-order chi connectivity index (χ0) is 18.1. The number of H-pyrrole nitrogens is 1. The minimum Gasteiger partial charge on any atom is -0.394 e. The van der Waals surface area contributed by atoms with E-state index in [1.54, 1.807) is 13.8 Å². The molecule has 2 aromatic rings. The standard InChI is InChI=1S/C13H17N4O7P.CH4/c1-3-22-9-7(4-18)23-13(10(9)24-25(20)21)17-5-14-8-11(17)15-6(2)16-12(8)19;/h5,7,9-10,13,18H,3-4H2,1-2H3,(H-,15,16,19,20,21);1H4/p+1/t7-,9+,10?,13-;/m1./s1. The quantitative estimate of drug-likeness (QED) is 0.597. The molecule has 1 aliphatic heterocycles. The fourth-order valence-electron chi connectivity index (χ4n) is 2.91. The van der Waals surface area contributed by atoms with Gasteiger partial charge in [-0.1, -0.05) is 7.43 Å². The van der Waals surface area contributed by atoms with Gasteiger partial charge in [0.05, 0.1) is 12.9 Å². The highest BCUT2D eigenvalue weighted by atomic mass is 31.1. The molecule has 0 saturated carbocycles. The molecule has 2 aromatic heterocycles. The molecule has 11 nitrogen and oxygen atoms in total. The number of ether oxygens (including phenoxy) is 2. The number of aromatic nitrogens is 4. The third kappa shape index (κ3) is 3.68. The highest BCUT2D eigenvalue weighted by molar-refractivity contribution is 7.32. The lowest BCUT2D eigenvalue weighted by molar-refractivity contribution is -0.0584. The van der Waals surface area contributed by atoms with Crippen LogP contribution in [0.1, 0.15) is 26.4 Å². The van der Waals surface area contributed by atoms with Gasteiger partial charge in [0.25, 0.3) is 5.56 Å².